The van der Waals surface area contributed by atoms with E-state index >= 15 is 0 Å². The predicted molar refractivity (Wildman–Crippen MR) is 70.1 cm³/mol. The van der Waals surface area contributed by atoms with Crippen LogP contribution in [-0.2, 0) is 4.84 Å². The van der Waals surface area contributed by atoms with Crippen molar-refractivity contribution in [3.8, 4) is 0 Å². The van der Waals surface area contributed by atoms with Crippen molar-refractivity contribution in [2.45, 2.75) is 37.8 Å². The van der Waals surface area contributed by atoms with E-state index in [4.69, 9.17) is 4.84 Å². The van der Waals surface area contributed by atoms with Crippen LogP contribution in [0.25, 0.3) is 0 Å². The number of hydrogen-bond acceptors (Lipinski definition) is 3. The number of hydrogen-bond donors (Lipinski definition) is 2. The molecule has 2 rings (SSSR count). The molecule has 4 nitrogen and oxygen atoms in total. The van der Waals surface area contributed by atoms with Gasteiger partial charge < -0.3 is 5.32 Å². The van der Waals surface area contributed by atoms with Gasteiger partial charge in [0.05, 0.1) is 6.10 Å². The van der Waals surface area contributed by atoms with Gasteiger partial charge in [0.1, 0.15) is 5.82 Å². The highest BCUT2D eigenvalue weighted by atomic mass is 19.1. The molecule has 0 spiro atoms. The highest BCUT2D eigenvalue weighted by molar-refractivity contribution is 5.93. The second kappa shape index (κ2) is 6.63. The third-order valence-corrected chi connectivity index (χ3v) is 3.49. The van der Waals surface area contributed by atoms with Crippen LogP contribution in [-0.4, -0.2) is 25.1 Å². The standard InChI is InChI=1S/C14H19FN2O2/c1-16-12-5-7-13(8-6-12)19-17-14(18)10-3-2-4-11(15)9-10/h2-4,9,12-13,16H,5-8H2,1H3,(H,17,18). The van der Waals surface area contributed by atoms with Gasteiger partial charge in [0, 0.05) is 11.6 Å². The zero-order valence-corrected chi connectivity index (χ0v) is 11.0. The smallest absolute Gasteiger partial charge is 0.274 e. The Morgan fingerprint density at radius 1 is 1.32 bits per heavy atom. The van der Waals surface area contributed by atoms with Gasteiger partial charge in [-0.2, -0.15) is 0 Å². The number of carbonyl (C=O) groups is 1. The molecule has 1 aromatic carbocycles. The van der Waals surface area contributed by atoms with E-state index in [1.165, 1.54) is 18.2 Å². The molecule has 104 valence electrons. The molecule has 5 heteroatoms. The molecule has 1 aliphatic rings. The van der Waals surface area contributed by atoms with E-state index < -0.39 is 11.7 Å². The number of nitrogens with one attached hydrogen (secondary N) is 2. The normalized spacial score (nSPS) is 23.1. The summed E-state index contributed by atoms with van der Waals surface area (Å²) in [6.07, 6.45) is 3.94. The quantitative estimate of drug-likeness (QED) is 0.820. The van der Waals surface area contributed by atoms with Crippen molar-refractivity contribution >= 4 is 5.91 Å². The van der Waals surface area contributed by atoms with E-state index in [1.54, 1.807) is 6.07 Å². The van der Waals surface area contributed by atoms with E-state index in [2.05, 4.69) is 10.8 Å². The first-order valence-electron chi connectivity index (χ1n) is 6.58. The van der Waals surface area contributed by atoms with E-state index in [-0.39, 0.29) is 11.7 Å². The Labute approximate surface area is 112 Å². The van der Waals surface area contributed by atoms with Crippen LogP contribution in [0.4, 0.5) is 4.39 Å². The topological polar surface area (TPSA) is 50.4 Å². The van der Waals surface area contributed by atoms with Crippen molar-refractivity contribution < 1.29 is 14.0 Å². The van der Waals surface area contributed by atoms with Gasteiger partial charge in [0.15, 0.2) is 0 Å². The molecule has 0 heterocycles. The van der Waals surface area contributed by atoms with Gasteiger partial charge in [-0.15, -0.1) is 0 Å². The molecule has 0 unspecified atom stereocenters. The zero-order valence-electron chi connectivity index (χ0n) is 11.0. The summed E-state index contributed by atoms with van der Waals surface area (Å²) in [4.78, 5) is 17.1. The first kappa shape index (κ1) is 14.0. The summed E-state index contributed by atoms with van der Waals surface area (Å²) in [6.45, 7) is 0. The summed E-state index contributed by atoms with van der Waals surface area (Å²) in [7, 11) is 1.96. The Morgan fingerprint density at radius 3 is 2.68 bits per heavy atom. The Balaban J connectivity index is 1.78. The Hall–Kier alpha value is -1.46. The summed E-state index contributed by atoms with van der Waals surface area (Å²) in [5.41, 5.74) is 2.67. The van der Waals surface area contributed by atoms with Gasteiger partial charge >= 0.3 is 0 Å². The third kappa shape index (κ3) is 4.01. The van der Waals surface area contributed by atoms with Crippen molar-refractivity contribution in [2.75, 3.05) is 7.05 Å². The number of amides is 1. The number of benzene rings is 1. The first-order valence-corrected chi connectivity index (χ1v) is 6.58. The molecule has 2 N–H and O–H groups in total. The molecular weight excluding hydrogens is 247 g/mol. The lowest BCUT2D eigenvalue weighted by molar-refractivity contribution is -0.0342. The van der Waals surface area contributed by atoms with E-state index in [1.807, 2.05) is 7.05 Å². The van der Waals surface area contributed by atoms with Crippen LogP contribution in [0, 0.1) is 5.82 Å². The molecule has 0 radical (unpaired) electrons. The minimum Gasteiger partial charge on any atom is -0.317 e. The molecule has 0 atom stereocenters. The largest absolute Gasteiger partial charge is 0.317 e. The molecule has 0 bridgehead atoms. The van der Waals surface area contributed by atoms with Crippen LogP contribution in [0.2, 0.25) is 0 Å². The van der Waals surface area contributed by atoms with Gasteiger partial charge in [-0.25, -0.2) is 9.87 Å². The van der Waals surface area contributed by atoms with Gasteiger partial charge in [-0.3, -0.25) is 9.63 Å². The summed E-state index contributed by atoms with van der Waals surface area (Å²) >= 11 is 0. The van der Waals surface area contributed by atoms with E-state index in [9.17, 15) is 9.18 Å². The fourth-order valence-corrected chi connectivity index (χ4v) is 2.29. The van der Waals surface area contributed by atoms with Crippen molar-refractivity contribution in [3.63, 3.8) is 0 Å². The molecule has 1 saturated carbocycles. The minimum atomic E-state index is -0.429. The third-order valence-electron chi connectivity index (χ3n) is 3.49. The van der Waals surface area contributed by atoms with Gasteiger partial charge in [-0.05, 0) is 50.9 Å². The monoisotopic (exact) mass is 266 g/mol. The van der Waals surface area contributed by atoms with Crippen molar-refractivity contribution in [2.24, 2.45) is 0 Å². The average molecular weight is 266 g/mol. The maximum absolute atomic E-state index is 13.0. The first-order chi connectivity index (χ1) is 9.19. The van der Waals surface area contributed by atoms with Gasteiger partial charge in [-0.1, -0.05) is 6.07 Å². The molecule has 0 aromatic heterocycles. The molecule has 0 saturated heterocycles. The Kier molecular flexibility index (Phi) is 4.87. The maximum atomic E-state index is 13.0. The molecule has 0 aliphatic heterocycles. The van der Waals surface area contributed by atoms with Crippen molar-refractivity contribution in [1.82, 2.24) is 10.8 Å². The van der Waals surface area contributed by atoms with Crippen LogP contribution in [0.5, 0.6) is 0 Å². The summed E-state index contributed by atoms with van der Waals surface area (Å²) < 4.78 is 13.0. The lowest BCUT2D eigenvalue weighted by atomic mass is 9.93. The average Bonchev–Trinajstić information content (AvgIpc) is 2.45. The lowest BCUT2D eigenvalue weighted by Crippen LogP contribution is -2.36. The van der Waals surface area contributed by atoms with E-state index in [0.29, 0.717) is 6.04 Å². The maximum Gasteiger partial charge on any atom is 0.274 e. The van der Waals surface area contributed by atoms with Crippen LogP contribution in [0.15, 0.2) is 24.3 Å². The number of rotatable bonds is 4. The van der Waals surface area contributed by atoms with Gasteiger partial charge in [0.25, 0.3) is 5.91 Å². The summed E-state index contributed by atoms with van der Waals surface area (Å²) in [5.74, 6) is -0.836. The van der Waals surface area contributed by atoms with Gasteiger partial charge in [0.2, 0.25) is 0 Å². The molecule has 1 aliphatic carbocycles. The summed E-state index contributed by atoms with van der Waals surface area (Å²) in [5, 5.41) is 3.24. The molecular formula is C14H19FN2O2. The number of halogens is 1. The second-order valence-corrected chi connectivity index (χ2v) is 4.82. The molecule has 1 amide bonds. The predicted octanol–water partition coefficient (Wildman–Crippen LogP) is 2.02. The zero-order chi connectivity index (χ0) is 13.7. The second-order valence-electron chi connectivity index (χ2n) is 4.82. The van der Waals surface area contributed by atoms with Crippen LogP contribution in [0.1, 0.15) is 36.0 Å². The van der Waals surface area contributed by atoms with Crippen molar-refractivity contribution in [3.05, 3.63) is 35.6 Å². The summed E-state index contributed by atoms with van der Waals surface area (Å²) in [6, 6.07) is 6.09. The molecule has 1 fully saturated rings. The highest BCUT2D eigenvalue weighted by Gasteiger charge is 2.21. The van der Waals surface area contributed by atoms with E-state index in [0.717, 1.165) is 25.7 Å². The van der Waals surface area contributed by atoms with Crippen LogP contribution >= 0.6 is 0 Å². The molecule has 1 aromatic rings. The van der Waals surface area contributed by atoms with Crippen LogP contribution < -0.4 is 10.8 Å². The fourth-order valence-electron chi connectivity index (χ4n) is 2.29. The number of hydroxylamine groups is 1. The lowest BCUT2D eigenvalue weighted by Gasteiger charge is -2.27. The number of carbonyl (C=O) groups excluding carboxylic acids is 1. The molecule has 19 heavy (non-hydrogen) atoms. The minimum absolute atomic E-state index is 0.0436. The Bertz CT molecular complexity index is 431. The Morgan fingerprint density at radius 2 is 2.05 bits per heavy atom. The van der Waals surface area contributed by atoms with Crippen LogP contribution in [0.3, 0.4) is 0 Å². The fraction of sp³-hybridized carbons (Fsp3) is 0.500. The highest BCUT2D eigenvalue weighted by Crippen LogP contribution is 2.20. The SMILES string of the molecule is CNC1CCC(ONC(=O)c2cccc(F)c2)CC1. The van der Waals surface area contributed by atoms with Crippen molar-refractivity contribution in [1.29, 1.82) is 0 Å².